The van der Waals surface area contributed by atoms with Gasteiger partial charge in [-0.3, -0.25) is 4.79 Å². The largest absolute Gasteiger partial charge is 0.372 e. The first-order valence-electron chi connectivity index (χ1n) is 5.64. The molecule has 0 saturated carbocycles. The van der Waals surface area contributed by atoms with Gasteiger partial charge in [-0.25, -0.2) is 0 Å². The Balaban J connectivity index is 2.19. The molecule has 3 nitrogen and oxygen atoms in total. The molecular weight excluding hydrogens is 202 g/mol. The number of aldehydes is 1. The standard InChI is InChI=1S/C13H17NO2/c1-10-7-14(8-11(2)16-10)13-5-3-4-12(6-13)9-15/h3-6,9-11H,7-8H2,1-2H3/t10-,11+. The van der Waals surface area contributed by atoms with Crippen LogP contribution in [0, 0.1) is 0 Å². The minimum absolute atomic E-state index is 0.239. The average molecular weight is 219 g/mol. The Kier molecular flexibility index (Phi) is 3.25. The topological polar surface area (TPSA) is 29.5 Å². The number of hydrogen-bond acceptors (Lipinski definition) is 3. The molecule has 0 spiro atoms. The van der Waals surface area contributed by atoms with Gasteiger partial charge in [-0.1, -0.05) is 12.1 Å². The highest BCUT2D eigenvalue weighted by Crippen LogP contribution is 2.20. The van der Waals surface area contributed by atoms with Crippen LogP contribution in [0.4, 0.5) is 5.69 Å². The Morgan fingerprint density at radius 3 is 2.62 bits per heavy atom. The van der Waals surface area contributed by atoms with Gasteiger partial charge in [0.15, 0.2) is 0 Å². The predicted molar refractivity (Wildman–Crippen MR) is 64.1 cm³/mol. The first-order chi connectivity index (χ1) is 7.69. The number of benzene rings is 1. The summed E-state index contributed by atoms with van der Waals surface area (Å²) in [7, 11) is 0. The van der Waals surface area contributed by atoms with Crippen molar-refractivity contribution in [2.75, 3.05) is 18.0 Å². The molecule has 1 aromatic carbocycles. The molecule has 16 heavy (non-hydrogen) atoms. The van der Waals surface area contributed by atoms with Crippen molar-refractivity contribution in [1.82, 2.24) is 0 Å². The third-order valence-electron chi connectivity index (χ3n) is 2.79. The quantitative estimate of drug-likeness (QED) is 0.713. The minimum atomic E-state index is 0.239. The molecule has 0 radical (unpaired) electrons. The first-order valence-corrected chi connectivity index (χ1v) is 5.64. The second-order valence-electron chi connectivity index (χ2n) is 4.38. The fourth-order valence-corrected chi connectivity index (χ4v) is 2.18. The molecular formula is C13H17NO2. The van der Waals surface area contributed by atoms with Crippen LogP contribution < -0.4 is 4.90 Å². The van der Waals surface area contributed by atoms with Crippen LogP contribution >= 0.6 is 0 Å². The van der Waals surface area contributed by atoms with Crippen LogP contribution in [0.3, 0.4) is 0 Å². The van der Waals surface area contributed by atoms with Crippen molar-refractivity contribution in [3.63, 3.8) is 0 Å². The summed E-state index contributed by atoms with van der Waals surface area (Å²) in [5.41, 5.74) is 1.83. The van der Waals surface area contributed by atoms with Gasteiger partial charge in [0.1, 0.15) is 6.29 Å². The summed E-state index contributed by atoms with van der Waals surface area (Å²) in [5, 5.41) is 0. The third kappa shape index (κ3) is 2.42. The van der Waals surface area contributed by atoms with Crippen LogP contribution in [0.5, 0.6) is 0 Å². The molecule has 0 unspecified atom stereocenters. The zero-order valence-electron chi connectivity index (χ0n) is 9.72. The smallest absolute Gasteiger partial charge is 0.150 e. The molecule has 1 aliphatic heterocycles. The Hall–Kier alpha value is -1.35. The van der Waals surface area contributed by atoms with E-state index in [0.717, 1.165) is 30.6 Å². The second-order valence-corrected chi connectivity index (χ2v) is 4.38. The van der Waals surface area contributed by atoms with E-state index in [0.29, 0.717) is 0 Å². The van der Waals surface area contributed by atoms with Crippen molar-refractivity contribution in [2.45, 2.75) is 26.1 Å². The molecule has 2 rings (SSSR count). The summed E-state index contributed by atoms with van der Waals surface area (Å²) in [6, 6.07) is 7.71. The monoisotopic (exact) mass is 219 g/mol. The Morgan fingerprint density at radius 2 is 2.00 bits per heavy atom. The molecule has 0 aromatic heterocycles. The van der Waals surface area contributed by atoms with Crippen molar-refractivity contribution in [2.24, 2.45) is 0 Å². The fraction of sp³-hybridized carbons (Fsp3) is 0.462. The van der Waals surface area contributed by atoms with E-state index in [9.17, 15) is 4.79 Å². The SMILES string of the molecule is C[C@@H]1CN(c2cccc(C=O)c2)C[C@H](C)O1. The molecule has 1 heterocycles. The van der Waals surface area contributed by atoms with E-state index in [1.807, 2.05) is 24.3 Å². The van der Waals surface area contributed by atoms with E-state index in [1.54, 1.807) is 0 Å². The van der Waals surface area contributed by atoms with E-state index in [-0.39, 0.29) is 12.2 Å². The molecule has 0 bridgehead atoms. The van der Waals surface area contributed by atoms with Crippen molar-refractivity contribution in [3.05, 3.63) is 29.8 Å². The maximum Gasteiger partial charge on any atom is 0.150 e. The highest BCUT2D eigenvalue weighted by atomic mass is 16.5. The van der Waals surface area contributed by atoms with Gasteiger partial charge in [-0.15, -0.1) is 0 Å². The maximum absolute atomic E-state index is 10.7. The maximum atomic E-state index is 10.7. The van der Waals surface area contributed by atoms with Crippen LogP contribution in [0.25, 0.3) is 0 Å². The molecule has 1 fully saturated rings. The zero-order chi connectivity index (χ0) is 11.5. The number of nitrogens with zero attached hydrogens (tertiary/aromatic N) is 1. The highest BCUT2D eigenvalue weighted by molar-refractivity contribution is 5.77. The molecule has 1 aromatic rings. The Morgan fingerprint density at radius 1 is 1.31 bits per heavy atom. The lowest BCUT2D eigenvalue weighted by Gasteiger charge is -2.36. The molecule has 0 amide bonds. The van der Waals surface area contributed by atoms with Crippen LogP contribution in [0.2, 0.25) is 0 Å². The molecule has 2 atom stereocenters. The summed E-state index contributed by atoms with van der Waals surface area (Å²) in [6.07, 6.45) is 1.36. The Bertz CT molecular complexity index is 368. The van der Waals surface area contributed by atoms with E-state index >= 15 is 0 Å². The van der Waals surface area contributed by atoms with Crippen molar-refractivity contribution < 1.29 is 9.53 Å². The van der Waals surface area contributed by atoms with Gasteiger partial charge >= 0.3 is 0 Å². The number of anilines is 1. The molecule has 86 valence electrons. The van der Waals surface area contributed by atoms with Crippen molar-refractivity contribution in [3.8, 4) is 0 Å². The van der Waals surface area contributed by atoms with Crippen molar-refractivity contribution >= 4 is 12.0 Å². The zero-order valence-corrected chi connectivity index (χ0v) is 9.72. The van der Waals surface area contributed by atoms with Crippen LogP contribution in [0.15, 0.2) is 24.3 Å². The highest BCUT2D eigenvalue weighted by Gasteiger charge is 2.22. The number of carbonyl (C=O) groups excluding carboxylic acids is 1. The fourth-order valence-electron chi connectivity index (χ4n) is 2.18. The van der Waals surface area contributed by atoms with Gasteiger partial charge in [-0.2, -0.15) is 0 Å². The number of carbonyl (C=O) groups is 1. The third-order valence-corrected chi connectivity index (χ3v) is 2.79. The van der Waals surface area contributed by atoms with Gasteiger partial charge in [0, 0.05) is 24.3 Å². The average Bonchev–Trinajstić information content (AvgIpc) is 2.28. The van der Waals surface area contributed by atoms with Crippen molar-refractivity contribution in [1.29, 1.82) is 0 Å². The second kappa shape index (κ2) is 4.66. The number of ether oxygens (including phenoxy) is 1. The van der Waals surface area contributed by atoms with Gasteiger partial charge < -0.3 is 9.64 Å². The van der Waals surface area contributed by atoms with Gasteiger partial charge in [0.05, 0.1) is 12.2 Å². The molecule has 1 saturated heterocycles. The lowest BCUT2D eigenvalue weighted by molar-refractivity contribution is -0.00521. The molecule has 0 aliphatic carbocycles. The summed E-state index contributed by atoms with van der Waals surface area (Å²) in [5.74, 6) is 0. The summed E-state index contributed by atoms with van der Waals surface area (Å²) in [4.78, 5) is 13.0. The summed E-state index contributed by atoms with van der Waals surface area (Å²) < 4.78 is 5.68. The Labute approximate surface area is 96.0 Å². The number of hydrogen-bond donors (Lipinski definition) is 0. The van der Waals surface area contributed by atoms with E-state index in [1.165, 1.54) is 0 Å². The molecule has 3 heteroatoms. The summed E-state index contributed by atoms with van der Waals surface area (Å²) >= 11 is 0. The first kappa shape index (κ1) is 11.1. The molecule has 1 aliphatic rings. The van der Waals surface area contributed by atoms with E-state index in [2.05, 4.69) is 18.7 Å². The van der Waals surface area contributed by atoms with Crippen LogP contribution in [-0.4, -0.2) is 31.6 Å². The predicted octanol–water partition coefficient (Wildman–Crippen LogP) is 2.11. The van der Waals surface area contributed by atoms with Crippen LogP contribution in [-0.2, 0) is 4.74 Å². The normalized spacial score (nSPS) is 25.5. The minimum Gasteiger partial charge on any atom is -0.372 e. The van der Waals surface area contributed by atoms with E-state index in [4.69, 9.17) is 4.74 Å². The number of morpholine rings is 1. The number of rotatable bonds is 2. The van der Waals surface area contributed by atoms with E-state index < -0.39 is 0 Å². The summed E-state index contributed by atoms with van der Waals surface area (Å²) in [6.45, 7) is 5.91. The molecule has 0 N–H and O–H groups in total. The van der Waals surface area contributed by atoms with Crippen LogP contribution in [0.1, 0.15) is 24.2 Å². The lowest BCUT2D eigenvalue weighted by atomic mass is 10.1. The van der Waals surface area contributed by atoms with Gasteiger partial charge in [0.2, 0.25) is 0 Å². The lowest BCUT2D eigenvalue weighted by Crippen LogP contribution is -2.45. The van der Waals surface area contributed by atoms with Gasteiger partial charge in [-0.05, 0) is 26.0 Å². The van der Waals surface area contributed by atoms with Gasteiger partial charge in [0.25, 0.3) is 0 Å².